The minimum atomic E-state index is -3.60. The molecule has 0 spiro atoms. The van der Waals surface area contributed by atoms with Crippen molar-refractivity contribution in [2.75, 3.05) is 5.75 Å². The van der Waals surface area contributed by atoms with Gasteiger partial charge in [0.1, 0.15) is 0 Å². The number of amides is 1. The van der Waals surface area contributed by atoms with Crippen molar-refractivity contribution in [1.82, 2.24) is 5.32 Å². The summed E-state index contributed by atoms with van der Waals surface area (Å²) in [7, 11) is -3.60. The van der Waals surface area contributed by atoms with Gasteiger partial charge in [0.15, 0.2) is 9.84 Å². The first-order chi connectivity index (χ1) is 13.3. The normalized spacial score (nSPS) is 14.9. The third kappa shape index (κ3) is 5.42. The fourth-order valence-electron chi connectivity index (χ4n) is 2.68. The molecule has 1 aliphatic carbocycles. The van der Waals surface area contributed by atoms with Gasteiger partial charge in [-0.1, -0.05) is 48.0 Å². The third-order valence-electron chi connectivity index (χ3n) is 4.47. The van der Waals surface area contributed by atoms with E-state index in [4.69, 9.17) is 4.74 Å². The quantitative estimate of drug-likeness (QED) is 0.687. The molecule has 0 aliphatic heterocycles. The summed E-state index contributed by atoms with van der Waals surface area (Å²) < 4.78 is 30.2. The highest BCUT2D eigenvalue weighted by molar-refractivity contribution is 7.91. The SMILES string of the molecule is Cc1ccc(S(=O)(=O)CCC(=O)O[C@H](C(=O)NC2CC2)c2ccccc2)cc1. The summed E-state index contributed by atoms with van der Waals surface area (Å²) in [6, 6.07) is 15.3. The number of rotatable bonds is 8. The van der Waals surface area contributed by atoms with E-state index in [1.165, 1.54) is 12.1 Å². The van der Waals surface area contributed by atoms with Crippen molar-refractivity contribution in [3.63, 3.8) is 0 Å². The fraction of sp³-hybridized carbons (Fsp3) is 0.333. The zero-order valence-corrected chi connectivity index (χ0v) is 16.4. The second-order valence-corrected chi connectivity index (χ2v) is 9.05. The first-order valence-corrected chi connectivity index (χ1v) is 10.8. The molecule has 1 saturated carbocycles. The maximum Gasteiger partial charge on any atom is 0.307 e. The molecule has 7 heteroatoms. The van der Waals surface area contributed by atoms with Crippen molar-refractivity contribution in [3.8, 4) is 0 Å². The van der Waals surface area contributed by atoms with Gasteiger partial charge in [-0.15, -0.1) is 0 Å². The number of benzene rings is 2. The van der Waals surface area contributed by atoms with Gasteiger partial charge in [0.2, 0.25) is 6.10 Å². The maximum absolute atomic E-state index is 12.5. The Hall–Kier alpha value is -2.67. The number of sulfone groups is 1. The van der Waals surface area contributed by atoms with Crippen LogP contribution in [0.2, 0.25) is 0 Å². The minimum Gasteiger partial charge on any atom is -0.447 e. The lowest BCUT2D eigenvalue weighted by molar-refractivity contribution is -0.156. The van der Waals surface area contributed by atoms with Gasteiger partial charge in [-0.2, -0.15) is 0 Å². The molecule has 3 rings (SSSR count). The number of aryl methyl sites for hydroxylation is 1. The largest absolute Gasteiger partial charge is 0.447 e. The molecule has 6 nitrogen and oxygen atoms in total. The van der Waals surface area contributed by atoms with Crippen LogP contribution in [-0.4, -0.2) is 32.1 Å². The van der Waals surface area contributed by atoms with Gasteiger partial charge in [0, 0.05) is 11.6 Å². The summed E-state index contributed by atoms with van der Waals surface area (Å²) in [5.74, 6) is -1.49. The van der Waals surface area contributed by atoms with Gasteiger partial charge < -0.3 is 10.1 Å². The van der Waals surface area contributed by atoms with E-state index in [1.807, 2.05) is 6.92 Å². The predicted octanol–water partition coefficient (Wildman–Crippen LogP) is 2.72. The molecule has 1 aliphatic rings. The van der Waals surface area contributed by atoms with Gasteiger partial charge in [-0.05, 0) is 31.9 Å². The Balaban J connectivity index is 1.64. The average molecular weight is 401 g/mol. The van der Waals surface area contributed by atoms with Crippen LogP contribution in [0.5, 0.6) is 0 Å². The summed E-state index contributed by atoms with van der Waals surface area (Å²) in [6.45, 7) is 1.87. The summed E-state index contributed by atoms with van der Waals surface area (Å²) in [6.07, 6.45) is 0.416. The van der Waals surface area contributed by atoms with Crippen LogP contribution < -0.4 is 5.32 Å². The summed E-state index contributed by atoms with van der Waals surface area (Å²) in [5, 5.41) is 2.83. The molecule has 2 aromatic carbocycles. The Morgan fingerprint density at radius 1 is 1.07 bits per heavy atom. The molecule has 28 heavy (non-hydrogen) atoms. The first kappa shape index (κ1) is 20.1. The van der Waals surface area contributed by atoms with Gasteiger partial charge >= 0.3 is 5.97 Å². The van der Waals surface area contributed by atoms with Crippen molar-refractivity contribution in [2.24, 2.45) is 0 Å². The fourth-order valence-corrected chi connectivity index (χ4v) is 3.90. The molecular weight excluding hydrogens is 378 g/mol. The van der Waals surface area contributed by atoms with Crippen LogP contribution in [0.1, 0.15) is 36.5 Å². The molecular formula is C21H23NO5S. The van der Waals surface area contributed by atoms with E-state index in [2.05, 4.69) is 5.32 Å². The number of esters is 1. The molecule has 0 radical (unpaired) electrons. The number of hydrogen-bond acceptors (Lipinski definition) is 5. The molecule has 1 amide bonds. The molecule has 1 fully saturated rings. The van der Waals surface area contributed by atoms with Crippen LogP contribution >= 0.6 is 0 Å². The lowest BCUT2D eigenvalue weighted by atomic mass is 10.1. The van der Waals surface area contributed by atoms with E-state index in [0.29, 0.717) is 5.56 Å². The highest BCUT2D eigenvalue weighted by Crippen LogP contribution is 2.24. The second-order valence-electron chi connectivity index (χ2n) is 6.95. The number of nitrogens with one attached hydrogen (secondary N) is 1. The molecule has 0 bridgehead atoms. The summed E-state index contributed by atoms with van der Waals surface area (Å²) >= 11 is 0. The highest BCUT2D eigenvalue weighted by Gasteiger charge is 2.31. The molecule has 1 N–H and O–H groups in total. The van der Waals surface area contributed by atoms with Gasteiger partial charge in [0.05, 0.1) is 17.1 Å². The maximum atomic E-state index is 12.5. The highest BCUT2D eigenvalue weighted by atomic mass is 32.2. The Labute approximate surface area is 164 Å². The molecule has 1 atom stereocenters. The molecule has 0 aromatic heterocycles. The second kappa shape index (κ2) is 8.56. The summed E-state index contributed by atoms with van der Waals surface area (Å²) in [4.78, 5) is 24.9. The predicted molar refractivity (Wildman–Crippen MR) is 104 cm³/mol. The number of hydrogen-bond donors (Lipinski definition) is 1. The van der Waals surface area contributed by atoms with E-state index >= 15 is 0 Å². The van der Waals surface area contributed by atoms with Gasteiger partial charge in [-0.3, -0.25) is 9.59 Å². The van der Waals surface area contributed by atoms with Crippen molar-refractivity contribution >= 4 is 21.7 Å². The standard InChI is InChI=1S/C21H23NO5S/c1-15-7-11-18(12-8-15)28(25,26)14-13-19(23)27-20(16-5-3-2-4-6-16)21(24)22-17-9-10-17/h2-8,11-12,17,20H,9-10,13-14H2,1H3,(H,22,24)/t20-/m0/s1. The smallest absolute Gasteiger partial charge is 0.307 e. The Kier molecular flexibility index (Phi) is 6.14. The van der Waals surface area contributed by atoms with Crippen LogP contribution in [0.4, 0.5) is 0 Å². The van der Waals surface area contributed by atoms with Crippen molar-refractivity contribution in [2.45, 2.75) is 43.2 Å². The molecule has 0 heterocycles. The number of carbonyl (C=O) groups excluding carboxylic acids is 2. The summed E-state index contributed by atoms with van der Waals surface area (Å²) in [5.41, 5.74) is 1.50. The van der Waals surface area contributed by atoms with Gasteiger partial charge in [-0.25, -0.2) is 8.42 Å². The number of ether oxygens (including phenoxy) is 1. The molecule has 2 aromatic rings. The van der Waals surface area contributed by atoms with Gasteiger partial charge in [0.25, 0.3) is 5.91 Å². The van der Waals surface area contributed by atoms with Crippen molar-refractivity contribution in [1.29, 1.82) is 0 Å². The number of carbonyl (C=O) groups is 2. The van der Waals surface area contributed by atoms with E-state index in [0.717, 1.165) is 18.4 Å². The minimum absolute atomic E-state index is 0.124. The monoisotopic (exact) mass is 401 g/mol. The zero-order chi connectivity index (χ0) is 20.1. The topological polar surface area (TPSA) is 89.5 Å². The van der Waals surface area contributed by atoms with Crippen molar-refractivity contribution in [3.05, 3.63) is 65.7 Å². The van der Waals surface area contributed by atoms with E-state index in [-0.39, 0.29) is 29.0 Å². The molecule has 148 valence electrons. The van der Waals surface area contributed by atoms with Crippen LogP contribution in [0, 0.1) is 6.92 Å². The lowest BCUT2D eigenvalue weighted by Crippen LogP contribution is -2.33. The van der Waals surface area contributed by atoms with Crippen LogP contribution in [0.15, 0.2) is 59.5 Å². The lowest BCUT2D eigenvalue weighted by Gasteiger charge is -2.18. The van der Waals surface area contributed by atoms with E-state index in [1.54, 1.807) is 42.5 Å². The average Bonchev–Trinajstić information content (AvgIpc) is 3.49. The first-order valence-electron chi connectivity index (χ1n) is 9.19. The molecule has 0 unspecified atom stereocenters. The van der Waals surface area contributed by atoms with Crippen LogP contribution in [0.25, 0.3) is 0 Å². The van der Waals surface area contributed by atoms with Crippen LogP contribution in [0.3, 0.4) is 0 Å². The molecule has 0 saturated heterocycles. The third-order valence-corrected chi connectivity index (χ3v) is 6.20. The van der Waals surface area contributed by atoms with E-state index < -0.39 is 21.9 Å². The van der Waals surface area contributed by atoms with Crippen LogP contribution in [-0.2, 0) is 24.2 Å². The Morgan fingerprint density at radius 2 is 1.71 bits per heavy atom. The Morgan fingerprint density at radius 3 is 2.32 bits per heavy atom. The van der Waals surface area contributed by atoms with Crippen molar-refractivity contribution < 1.29 is 22.7 Å². The zero-order valence-electron chi connectivity index (χ0n) is 15.6. The van der Waals surface area contributed by atoms with E-state index in [9.17, 15) is 18.0 Å². The Bertz CT molecular complexity index is 935.